The number of aromatic hydroxyl groups is 1. The molecule has 0 radical (unpaired) electrons. The SMILES string of the molecule is Cc1cc(C=CC(=O)c2ccc(O)cc2)ccc1[N+](=O)[O-]. The van der Waals surface area contributed by atoms with Crippen molar-refractivity contribution in [3.05, 3.63) is 75.3 Å². The average molecular weight is 283 g/mol. The molecule has 0 bridgehead atoms. The number of hydrogen-bond acceptors (Lipinski definition) is 4. The van der Waals surface area contributed by atoms with Crippen LogP contribution in [0.2, 0.25) is 0 Å². The zero-order chi connectivity index (χ0) is 15.4. The molecule has 0 saturated carbocycles. The number of benzene rings is 2. The fraction of sp³-hybridized carbons (Fsp3) is 0.0625. The summed E-state index contributed by atoms with van der Waals surface area (Å²) in [5.74, 6) is -0.104. The Labute approximate surface area is 121 Å². The largest absolute Gasteiger partial charge is 0.508 e. The first-order valence-electron chi connectivity index (χ1n) is 6.24. The predicted molar refractivity (Wildman–Crippen MR) is 79.3 cm³/mol. The number of nitro groups is 1. The lowest BCUT2D eigenvalue weighted by atomic mass is 10.1. The van der Waals surface area contributed by atoms with E-state index in [-0.39, 0.29) is 17.2 Å². The lowest BCUT2D eigenvalue weighted by Crippen LogP contribution is -1.94. The Morgan fingerprint density at radius 2 is 1.86 bits per heavy atom. The van der Waals surface area contributed by atoms with E-state index >= 15 is 0 Å². The molecule has 1 N–H and O–H groups in total. The van der Waals surface area contributed by atoms with E-state index in [0.29, 0.717) is 16.7 Å². The smallest absolute Gasteiger partial charge is 0.272 e. The molecule has 2 aromatic rings. The van der Waals surface area contributed by atoms with Gasteiger partial charge < -0.3 is 5.11 Å². The van der Waals surface area contributed by atoms with Gasteiger partial charge in [-0.25, -0.2) is 0 Å². The van der Waals surface area contributed by atoms with Crippen LogP contribution in [0, 0.1) is 17.0 Å². The van der Waals surface area contributed by atoms with Crippen LogP contribution in [0.15, 0.2) is 48.5 Å². The maximum absolute atomic E-state index is 11.9. The minimum atomic E-state index is -0.440. The standard InChI is InChI=1S/C16H13NO4/c1-11-10-12(2-8-15(11)17(20)21)3-9-16(19)13-4-6-14(18)7-5-13/h2-10,18H,1H3. The monoisotopic (exact) mass is 283 g/mol. The summed E-state index contributed by atoms with van der Waals surface area (Å²) in [6.07, 6.45) is 3.00. The fourth-order valence-electron chi connectivity index (χ4n) is 1.88. The molecule has 0 atom stereocenters. The van der Waals surface area contributed by atoms with Gasteiger partial charge in [0.2, 0.25) is 0 Å². The van der Waals surface area contributed by atoms with Gasteiger partial charge in [-0.1, -0.05) is 6.08 Å². The molecule has 0 fully saturated rings. The number of carbonyl (C=O) groups is 1. The fourth-order valence-corrected chi connectivity index (χ4v) is 1.88. The van der Waals surface area contributed by atoms with Gasteiger partial charge in [0.15, 0.2) is 5.78 Å². The molecule has 0 saturated heterocycles. The van der Waals surface area contributed by atoms with Crippen molar-refractivity contribution in [2.45, 2.75) is 6.92 Å². The Morgan fingerprint density at radius 3 is 2.43 bits per heavy atom. The molecule has 0 aromatic heterocycles. The number of ketones is 1. The van der Waals surface area contributed by atoms with E-state index in [0.717, 1.165) is 0 Å². The molecule has 0 aliphatic carbocycles. The van der Waals surface area contributed by atoms with Gasteiger partial charge >= 0.3 is 0 Å². The molecule has 106 valence electrons. The Balaban J connectivity index is 2.17. The summed E-state index contributed by atoms with van der Waals surface area (Å²) < 4.78 is 0. The van der Waals surface area contributed by atoms with Gasteiger partial charge in [-0.3, -0.25) is 14.9 Å². The van der Waals surface area contributed by atoms with Gasteiger partial charge in [-0.05, 0) is 55.0 Å². The summed E-state index contributed by atoms with van der Waals surface area (Å²) in [6.45, 7) is 1.65. The Hall–Kier alpha value is -2.95. The van der Waals surface area contributed by atoms with Crippen molar-refractivity contribution >= 4 is 17.5 Å². The van der Waals surface area contributed by atoms with Crippen LogP contribution in [-0.4, -0.2) is 15.8 Å². The van der Waals surface area contributed by atoms with Crippen LogP contribution in [0.3, 0.4) is 0 Å². The highest BCUT2D eigenvalue weighted by Gasteiger charge is 2.09. The van der Waals surface area contributed by atoms with Crippen LogP contribution in [-0.2, 0) is 0 Å². The van der Waals surface area contributed by atoms with Crippen LogP contribution < -0.4 is 0 Å². The highest BCUT2D eigenvalue weighted by molar-refractivity contribution is 6.06. The van der Waals surface area contributed by atoms with Crippen molar-refractivity contribution < 1.29 is 14.8 Å². The predicted octanol–water partition coefficient (Wildman–Crippen LogP) is 3.50. The number of hydrogen-bond donors (Lipinski definition) is 1. The third-order valence-corrected chi connectivity index (χ3v) is 3.00. The van der Waals surface area contributed by atoms with Gasteiger partial charge in [0.1, 0.15) is 5.75 Å². The van der Waals surface area contributed by atoms with E-state index < -0.39 is 4.92 Å². The first-order valence-corrected chi connectivity index (χ1v) is 6.24. The zero-order valence-corrected chi connectivity index (χ0v) is 11.3. The second kappa shape index (κ2) is 6.00. The summed E-state index contributed by atoms with van der Waals surface area (Å²) in [4.78, 5) is 22.2. The van der Waals surface area contributed by atoms with Crippen LogP contribution in [0.25, 0.3) is 6.08 Å². The molecule has 5 heteroatoms. The van der Waals surface area contributed by atoms with Crippen LogP contribution in [0.1, 0.15) is 21.5 Å². The van der Waals surface area contributed by atoms with E-state index in [1.807, 2.05) is 0 Å². The lowest BCUT2D eigenvalue weighted by molar-refractivity contribution is -0.385. The van der Waals surface area contributed by atoms with E-state index in [1.54, 1.807) is 25.1 Å². The normalized spacial score (nSPS) is 10.7. The second-order valence-electron chi connectivity index (χ2n) is 4.55. The molecule has 0 heterocycles. The highest BCUT2D eigenvalue weighted by atomic mass is 16.6. The molecule has 0 spiro atoms. The second-order valence-corrected chi connectivity index (χ2v) is 4.55. The zero-order valence-electron chi connectivity index (χ0n) is 11.3. The van der Waals surface area contributed by atoms with E-state index in [2.05, 4.69) is 0 Å². The summed E-state index contributed by atoms with van der Waals surface area (Å²) >= 11 is 0. The van der Waals surface area contributed by atoms with Crippen molar-refractivity contribution in [2.75, 3.05) is 0 Å². The molecule has 21 heavy (non-hydrogen) atoms. The van der Waals surface area contributed by atoms with Crippen molar-refractivity contribution in [1.82, 2.24) is 0 Å². The van der Waals surface area contributed by atoms with Crippen molar-refractivity contribution in [1.29, 1.82) is 0 Å². The number of nitro benzene ring substituents is 1. The average Bonchev–Trinajstić information content (AvgIpc) is 2.45. The van der Waals surface area contributed by atoms with Crippen molar-refractivity contribution in [3.8, 4) is 5.75 Å². The maximum atomic E-state index is 11.9. The highest BCUT2D eigenvalue weighted by Crippen LogP contribution is 2.19. The molecule has 0 aliphatic heterocycles. The molecular weight excluding hydrogens is 270 g/mol. The van der Waals surface area contributed by atoms with Crippen molar-refractivity contribution in [3.63, 3.8) is 0 Å². The topological polar surface area (TPSA) is 80.4 Å². The van der Waals surface area contributed by atoms with Crippen LogP contribution >= 0.6 is 0 Å². The van der Waals surface area contributed by atoms with E-state index in [4.69, 9.17) is 5.11 Å². The number of aryl methyl sites for hydroxylation is 1. The molecular formula is C16H13NO4. The van der Waals surface area contributed by atoms with Gasteiger partial charge in [-0.15, -0.1) is 0 Å². The number of nitrogens with zero attached hydrogens (tertiary/aromatic N) is 1. The number of carbonyl (C=O) groups excluding carboxylic acids is 1. The van der Waals surface area contributed by atoms with Gasteiger partial charge in [-0.2, -0.15) is 0 Å². The number of rotatable bonds is 4. The van der Waals surface area contributed by atoms with Crippen molar-refractivity contribution in [2.24, 2.45) is 0 Å². The Kier molecular flexibility index (Phi) is 4.13. The first-order chi connectivity index (χ1) is 9.97. The lowest BCUT2D eigenvalue weighted by Gasteiger charge is -1.99. The number of phenolic OH excluding ortho intramolecular Hbond substituents is 1. The summed E-state index contributed by atoms with van der Waals surface area (Å²) in [5.41, 5.74) is 1.77. The van der Waals surface area contributed by atoms with Gasteiger partial charge in [0.25, 0.3) is 5.69 Å². The molecule has 5 nitrogen and oxygen atoms in total. The third kappa shape index (κ3) is 3.54. The minimum absolute atomic E-state index is 0.0528. The first kappa shape index (κ1) is 14.5. The molecule has 0 amide bonds. The molecule has 2 rings (SSSR count). The Bertz CT molecular complexity index is 718. The quantitative estimate of drug-likeness (QED) is 0.403. The molecule has 2 aromatic carbocycles. The van der Waals surface area contributed by atoms with Crippen LogP contribution in [0.4, 0.5) is 5.69 Å². The number of allylic oxidation sites excluding steroid dienone is 1. The maximum Gasteiger partial charge on any atom is 0.272 e. The molecule has 0 aliphatic rings. The number of phenols is 1. The van der Waals surface area contributed by atoms with Gasteiger partial charge in [0, 0.05) is 17.2 Å². The summed E-state index contributed by atoms with van der Waals surface area (Å²) in [6, 6.07) is 10.6. The minimum Gasteiger partial charge on any atom is -0.508 e. The third-order valence-electron chi connectivity index (χ3n) is 3.00. The summed E-state index contributed by atoms with van der Waals surface area (Å²) in [7, 11) is 0. The van der Waals surface area contributed by atoms with E-state index in [9.17, 15) is 14.9 Å². The van der Waals surface area contributed by atoms with Crippen LogP contribution in [0.5, 0.6) is 5.75 Å². The summed E-state index contributed by atoms with van der Waals surface area (Å²) in [5, 5.41) is 19.9. The molecule has 0 unspecified atom stereocenters. The van der Waals surface area contributed by atoms with Gasteiger partial charge in [0.05, 0.1) is 4.92 Å². The Morgan fingerprint density at radius 1 is 1.19 bits per heavy atom. The van der Waals surface area contributed by atoms with E-state index in [1.165, 1.54) is 36.4 Å².